The van der Waals surface area contributed by atoms with Crippen molar-refractivity contribution in [2.24, 2.45) is 0 Å². The van der Waals surface area contributed by atoms with Crippen molar-refractivity contribution in [2.45, 2.75) is 234 Å². The number of benzene rings is 4. The molecule has 0 saturated carbocycles. The summed E-state index contributed by atoms with van der Waals surface area (Å²) in [5.41, 5.74) is 10.3. The third kappa shape index (κ3) is 21.6. The number of esters is 8. The van der Waals surface area contributed by atoms with E-state index in [9.17, 15) is 38.4 Å². The molecule has 0 N–H and O–H groups in total. The number of aromatic nitrogens is 6. The zero-order valence-electron chi connectivity index (χ0n) is 62.5. The van der Waals surface area contributed by atoms with Gasteiger partial charge in [0.1, 0.15) is 72.0 Å². The minimum absolute atomic E-state index is 0.221. The molecule has 2 aromatic heterocycles. The molecular formula is C78H98N6O22. The highest BCUT2D eigenvalue weighted by Gasteiger charge is 2.55. The lowest BCUT2D eigenvalue weighted by molar-refractivity contribution is -0.255. The zero-order valence-corrected chi connectivity index (χ0v) is 62.5. The molecule has 2 fully saturated rings. The van der Waals surface area contributed by atoms with Gasteiger partial charge in [0.2, 0.25) is 0 Å². The van der Waals surface area contributed by atoms with E-state index in [0.29, 0.717) is 90.9 Å². The fourth-order valence-corrected chi connectivity index (χ4v) is 13.6. The first kappa shape index (κ1) is 80.1. The predicted molar refractivity (Wildman–Crippen MR) is 379 cm³/mol. The van der Waals surface area contributed by atoms with Crippen LogP contribution in [0.5, 0.6) is 23.0 Å². The Bertz CT molecular complexity index is 3710. The molecule has 8 bridgehead atoms. The summed E-state index contributed by atoms with van der Waals surface area (Å²) < 4.78 is 88.4. The van der Waals surface area contributed by atoms with Gasteiger partial charge in [0, 0.05) is 94.2 Å². The Kier molecular flexibility index (Phi) is 29.0. The second-order valence-corrected chi connectivity index (χ2v) is 26.7. The van der Waals surface area contributed by atoms with Crippen LogP contribution in [-0.4, -0.2) is 166 Å². The average Bonchev–Trinajstić information content (AvgIpc) is 1.24. The molecule has 4 heterocycles. The number of nitrogens with zero attached hydrogens (tertiary/aromatic N) is 6. The standard InChI is InChI=1S/C78H98N6O22/c1-13-29-93-67-55-23-17-24-56(67)38-60-34-54(22-20-28-84-42-64(80-82-84)72-76(102-50(10)90)78(104-52(12)92)74(100-48(8)88)66(106-72)44-98-46(6)86)36-62(70(60)96-32-16-4)40-58-26-18-25-57(68(58)94-30-14-2)39-61-35-53(33-59(37-55)69(61)95-31-15-3)21-19-27-83-41-63(79-81-83)71-75(101-49(9)89)77(103-51(11)91)73(99-47(7)87)65(105-71)43-97-45(5)85/h17-18,23-26,33-36,41-42,65-66,71-78H,13-16,19-22,27-32,37-40,43-44H2,1-12H3/t65-,66-,71+,72+,73-,74-,75+,76+,77+,78+/m1/s1. The number of para-hydroxylation sites is 2. The minimum Gasteiger partial charge on any atom is -0.493 e. The highest BCUT2D eigenvalue weighted by Crippen LogP contribution is 2.43. The Balaban J connectivity index is 1.06. The fraction of sp³-hybridized carbons (Fsp3) is 0.538. The van der Waals surface area contributed by atoms with Crippen LogP contribution >= 0.6 is 0 Å². The molecule has 28 nitrogen and oxygen atoms in total. The molecular weight excluding hydrogens is 1370 g/mol. The van der Waals surface area contributed by atoms with Gasteiger partial charge in [-0.25, -0.2) is 0 Å². The lowest BCUT2D eigenvalue weighted by Gasteiger charge is -2.43. The average molecular weight is 1470 g/mol. The van der Waals surface area contributed by atoms with Crippen molar-refractivity contribution in [3.05, 3.63) is 140 Å². The first-order valence-electron chi connectivity index (χ1n) is 36.4. The van der Waals surface area contributed by atoms with Crippen LogP contribution in [0.4, 0.5) is 0 Å². The van der Waals surface area contributed by atoms with Crippen molar-refractivity contribution in [3.8, 4) is 23.0 Å². The van der Waals surface area contributed by atoms with Gasteiger partial charge in [-0.2, -0.15) is 0 Å². The first-order valence-corrected chi connectivity index (χ1v) is 36.4. The third-order valence-electron chi connectivity index (χ3n) is 17.7. The van der Waals surface area contributed by atoms with Gasteiger partial charge in [-0.05, 0) is 107 Å². The molecule has 1 aliphatic carbocycles. The van der Waals surface area contributed by atoms with Crippen molar-refractivity contribution in [2.75, 3.05) is 39.6 Å². The van der Waals surface area contributed by atoms with Crippen LogP contribution < -0.4 is 18.9 Å². The SMILES string of the molecule is CCCOc1c2cccc1Cc1cc(CCCn3cc([C@@H]4O[C@H](COC(C)=O)[C@@H](OC(C)=O)[C@H](OC(C)=O)[C@H]4OC(C)=O)nn3)cc(c1OCCC)Cc1cccc(c1OCCC)Cc1cc(CCCn3cc([C@@H]4O[C@H](COC(C)=O)[C@@H](OC(C)=O)[C@H](OC(C)=O)[C@H]4OC(C)=O)nn3)cc(c1OCCC)C2. The maximum atomic E-state index is 12.7. The molecule has 2 saturated heterocycles. The zero-order chi connectivity index (χ0) is 76.1. The molecule has 6 aromatic rings. The van der Waals surface area contributed by atoms with Crippen molar-refractivity contribution >= 4 is 47.8 Å². The van der Waals surface area contributed by atoms with E-state index in [1.54, 1.807) is 21.8 Å². The molecule has 4 aromatic carbocycles. The summed E-state index contributed by atoms with van der Waals surface area (Å²) >= 11 is 0. The highest BCUT2D eigenvalue weighted by molar-refractivity contribution is 5.70. The van der Waals surface area contributed by atoms with Gasteiger partial charge >= 0.3 is 47.8 Å². The smallest absolute Gasteiger partial charge is 0.303 e. The summed E-state index contributed by atoms with van der Waals surface area (Å²) in [4.78, 5) is 99.6. The van der Waals surface area contributed by atoms with Crippen LogP contribution in [0, 0.1) is 0 Å². The van der Waals surface area contributed by atoms with Gasteiger partial charge in [0.25, 0.3) is 0 Å². The van der Waals surface area contributed by atoms with Crippen LogP contribution in [0.2, 0.25) is 0 Å². The number of carbonyl (C=O) groups excluding carboxylic acids is 8. The molecule has 3 aliphatic rings. The topological polar surface area (TPSA) is 327 Å². The number of rotatable bonds is 32. The Morgan fingerprint density at radius 3 is 0.953 bits per heavy atom. The maximum absolute atomic E-state index is 12.7. The van der Waals surface area contributed by atoms with Crippen molar-refractivity contribution < 1.29 is 105 Å². The van der Waals surface area contributed by atoms with Crippen LogP contribution in [0.15, 0.2) is 73.1 Å². The molecule has 0 spiro atoms. The largest absolute Gasteiger partial charge is 0.493 e. The minimum atomic E-state index is -1.38. The second-order valence-electron chi connectivity index (χ2n) is 26.7. The Morgan fingerprint density at radius 1 is 0.387 bits per heavy atom. The molecule has 0 amide bonds. The summed E-state index contributed by atoms with van der Waals surface area (Å²) in [6, 6.07) is 21.5. The molecule has 28 heteroatoms. The van der Waals surface area contributed by atoms with Crippen LogP contribution in [0.3, 0.4) is 0 Å². The number of fused-ring (bicyclic) bond motifs is 8. The van der Waals surface area contributed by atoms with E-state index >= 15 is 0 Å². The van der Waals surface area contributed by atoms with E-state index in [1.807, 2.05) is 0 Å². The van der Waals surface area contributed by atoms with E-state index in [2.05, 4.69) is 109 Å². The third-order valence-corrected chi connectivity index (χ3v) is 17.7. The summed E-state index contributed by atoms with van der Waals surface area (Å²) in [6.07, 6.45) is -2.33. The number of hydrogen-bond acceptors (Lipinski definition) is 26. The summed E-state index contributed by atoms with van der Waals surface area (Å²) in [6.45, 7) is 19.6. The molecule has 10 atom stereocenters. The lowest BCUT2D eigenvalue weighted by atomic mass is 9.89. The second kappa shape index (κ2) is 38.4. The normalized spacial score (nSPS) is 20.4. The maximum Gasteiger partial charge on any atom is 0.303 e. The molecule has 572 valence electrons. The Hall–Kier alpha value is -9.96. The monoisotopic (exact) mass is 1470 g/mol. The van der Waals surface area contributed by atoms with Crippen molar-refractivity contribution in [1.82, 2.24) is 30.0 Å². The molecule has 2 aliphatic heterocycles. The molecule has 0 unspecified atom stereocenters. The predicted octanol–water partition coefficient (Wildman–Crippen LogP) is 9.56. The summed E-state index contributed by atoms with van der Waals surface area (Å²) in [5, 5.41) is 17.8. The van der Waals surface area contributed by atoms with Gasteiger partial charge in [-0.1, -0.05) is 98.8 Å². The first-order chi connectivity index (χ1) is 50.9. The highest BCUT2D eigenvalue weighted by atomic mass is 16.7. The number of aryl methyl sites for hydroxylation is 4. The van der Waals surface area contributed by atoms with E-state index in [4.69, 9.17) is 66.3 Å². The van der Waals surface area contributed by atoms with E-state index in [1.165, 1.54) is 41.5 Å². The molecule has 0 radical (unpaired) electrons. The van der Waals surface area contributed by atoms with Gasteiger partial charge in [-0.3, -0.25) is 47.7 Å². The molecule has 9 rings (SSSR count). The van der Waals surface area contributed by atoms with Crippen LogP contribution in [-0.2, 0) is 137 Å². The Labute approximate surface area is 616 Å². The van der Waals surface area contributed by atoms with Gasteiger partial charge in [0.05, 0.1) is 38.8 Å². The van der Waals surface area contributed by atoms with Crippen molar-refractivity contribution in [1.29, 1.82) is 0 Å². The number of hydrogen-bond donors (Lipinski definition) is 0. The van der Waals surface area contributed by atoms with Gasteiger partial charge in [0.15, 0.2) is 36.6 Å². The molecule has 106 heavy (non-hydrogen) atoms. The summed E-state index contributed by atoms with van der Waals surface area (Å²) in [5.74, 6) is -2.59. The van der Waals surface area contributed by atoms with Gasteiger partial charge < -0.3 is 66.3 Å². The van der Waals surface area contributed by atoms with Crippen LogP contribution in [0.25, 0.3) is 0 Å². The van der Waals surface area contributed by atoms with Gasteiger partial charge in [-0.15, -0.1) is 10.2 Å². The number of carbonyl (C=O) groups is 8. The number of ether oxygens (including phenoxy) is 14. The van der Waals surface area contributed by atoms with E-state index in [0.717, 1.165) is 118 Å². The Morgan fingerprint density at radius 2 is 0.670 bits per heavy atom. The van der Waals surface area contributed by atoms with Crippen molar-refractivity contribution in [3.63, 3.8) is 0 Å². The van der Waals surface area contributed by atoms with E-state index < -0.39 is 109 Å². The fourth-order valence-electron chi connectivity index (χ4n) is 13.6. The van der Waals surface area contributed by atoms with E-state index in [-0.39, 0.29) is 24.6 Å². The quantitative estimate of drug-likeness (QED) is 0.0280. The summed E-state index contributed by atoms with van der Waals surface area (Å²) in [7, 11) is 0. The lowest BCUT2D eigenvalue weighted by Crippen LogP contribution is -2.59. The van der Waals surface area contributed by atoms with Crippen LogP contribution in [0.1, 0.15) is 201 Å².